The zero-order valence-electron chi connectivity index (χ0n) is 7.78. The highest BCUT2D eigenvalue weighted by Crippen LogP contribution is 1.87. The average Bonchev–Trinajstić information content (AvgIpc) is 1.89. The van der Waals surface area contributed by atoms with Crippen molar-refractivity contribution in [2.24, 2.45) is 5.92 Å². The summed E-state index contributed by atoms with van der Waals surface area (Å²) in [7, 11) is 2.47. The molecule has 0 saturated carbocycles. The van der Waals surface area contributed by atoms with Crippen molar-refractivity contribution in [3.63, 3.8) is 0 Å². The van der Waals surface area contributed by atoms with Gasteiger partial charge in [-0.1, -0.05) is 49.9 Å². The van der Waals surface area contributed by atoms with Gasteiger partial charge in [-0.2, -0.15) is 0 Å². The van der Waals surface area contributed by atoms with Gasteiger partial charge in [0, 0.05) is 6.54 Å². The van der Waals surface area contributed by atoms with Crippen molar-refractivity contribution in [2.75, 3.05) is 6.54 Å². The van der Waals surface area contributed by atoms with Gasteiger partial charge in [-0.15, -0.1) is 0 Å². The predicted octanol–water partition coefficient (Wildman–Crippen LogP) is 2.83. The maximum Gasteiger partial charge on any atom is 0.000868 e. The molecule has 0 amide bonds. The molecule has 0 radical (unpaired) electrons. The van der Waals surface area contributed by atoms with E-state index in [2.05, 4.69) is 42.2 Å². The van der Waals surface area contributed by atoms with E-state index >= 15 is 0 Å². The molecule has 0 aromatic carbocycles. The molecule has 0 aromatic rings. The van der Waals surface area contributed by atoms with E-state index in [1.54, 1.807) is 0 Å². The van der Waals surface area contributed by atoms with Crippen LogP contribution in [0.5, 0.6) is 0 Å². The Kier molecular flexibility index (Phi) is 15.8. The van der Waals surface area contributed by atoms with E-state index in [1.807, 2.05) is 0 Å². The van der Waals surface area contributed by atoms with Gasteiger partial charge in [0.15, 0.2) is 0 Å². The van der Waals surface area contributed by atoms with Crippen molar-refractivity contribution in [3.8, 4) is 0 Å². The Bertz CT molecular complexity index is 44.5. The molecule has 0 heterocycles. The van der Waals surface area contributed by atoms with Crippen LogP contribution in [-0.4, -0.2) is 6.54 Å². The fourth-order valence-corrected chi connectivity index (χ4v) is 0.707. The molecular weight excluding hydrogens is 141 g/mol. The molecule has 10 heavy (non-hydrogen) atoms. The van der Waals surface area contributed by atoms with Gasteiger partial charge in [0.05, 0.1) is 0 Å². The van der Waals surface area contributed by atoms with Crippen LogP contribution in [0.25, 0.3) is 0 Å². The first-order chi connectivity index (χ1) is 4.68. The summed E-state index contributed by atoms with van der Waals surface area (Å²) in [5.74, 6) is 0.766. The van der Waals surface area contributed by atoms with Gasteiger partial charge in [-0.3, -0.25) is 0 Å². The van der Waals surface area contributed by atoms with Crippen LogP contribution in [0.4, 0.5) is 0 Å². The lowest BCUT2D eigenvalue weighted by atomic mass is 10.2. The third-order valence-corrected chi connectivity index (χ3v) is 1.26. The van der Waals surface area contributed by atoms with Crippen molar-refractivity contribution in [2.45, 2.75) is 40.5 Å². The zero-order valence-corrected chi connectivity index (χ0v) is 8.93. The van der Waals surface area contributed by atoms with Crippen molar-refractivity contribution >= 4 is 9.39 Å². The van der Waals surface area contributed by atoms with E-state index in [9.17, 15) is 0 Å². The average molecular weight is 163 g/mol. The second-order valence-electron chi connectivity index (χ2n) is 2.80. The molecule has 0 aliphatic rings. The number of unbranched alkanes of at least 4 members (excludes halogenated alkanes) is 1. The summed E-state index contributed by atoms with van der Waals surface area (Å²) in [6.45, 7) is 9.80. The van der Waals surface area contributed by atoms with Crippen LogP contribution < -0.4 is 5.09 Å². The lowest BCUT2D eigenvalue weighted by molar-refractivity contribution is 0.640. The summed E-state index contributed by atoms with van der Waals surface area (Å²) in [5.41, 5.74) is 0. The lowest BCUT2D eigenvalue weighted by Gasteiger charge is -1.98. The van der Waals surface area contributed by atoms with E-state index < -0.39 is 0 Å². The SMILES string of the molecule is CC(C)CNP.CCCC. The molecule has 1 atom stereocenters. The van der Waals surface area contributed by atoms with Gasteiger partial charge in [0.25, 0.3) is 0 Å². The van der Waals surface area contributed by atoms with Crippen molar-refractivity contribution in [3.05, 3.63) is 0 Å². The van der Waals surface area contributed by atoms with Crippen LogP contribution in [0, 0.1) is 5.92 Å². The fourth-order valence-electron chi connectivity index (χ4n) is 0.236. The maximum atomic E-state index is 2.98. The predicted molar refractivity (Wildman–Crippen MR) is 53.1 cm³/mol. The van der Waals surface area contributed by atoms with Crippen LogP contribution in [0.3, 0.4) is 0 Å². The molecule has 1 N–H and O–H groups in total. The molecule has 0 aliphatic heterocycles. The Morgan fingerprint density at radius 1 is 1.20 bits per heavy atom. The summed E-state index contributed by atoms with van der Waals surface area (Å²) < 4.78 is 0. The molecule has 0 aliphatic carbocycles. The highest BCUT2D eigenvalue weighted by molar-refractivity contribution is 7.13. The minimum absolute atomic E-state index is 0.766. The monoisotopic (exact) mass is 163 g/mol. The molecule has 0 bridgehead atoms. The van der Waals surface area contributed by atoms with Crippen molar-refractivity contribution in [1.82, 2.24) is 5.09 Å². The standard InChI is InChI=1S/C4H12NP.C4H10/c1-4(2)3-5-6;1-3-4-2/h4-5H,3,6H2,1-2H3;3-4H2,1-2H3. The van der Waals surface area contributed by atoms with Crippen molar-refractivity contribution < 1.29 is 0 Å². The Hall–Kier alpha value is 0.390. The molecule has 64 valence electrons. The molecule has 0 fully saturated rings. The van der Waals surface area contributed by atoms with Crippen molar-refractivity contribution in [1.29, 1.82) is 0 Å². The topological polar surface area (TPSA) is 12.0 Å². The van der Waals surface area contributed by atoms with Gasteiger partial charge < -0.3 is 5.09 Å². The number of hydrogen-bond donors (Lipinski definition) is 1. The van der Waals surface area contributed by atoms with Gasteiger partial charge in [-0.25, -0.2) is 0 Å². The largest absolute Gasteiger partial charge is 0.300 e. The lowest BCUT2D eigenvalue weighted by Crippen LogP contribution is -2.06. The first-order valence-electron chi connectivity index (χ1n) is 4.12. The molecule has 0 aromatic heterocycles. The number of hydrogen-bond acceptors (Lipinski definition) is 1. The maximum absolute atomic E-state index is 2.98. The van der Waals surface area contributed by atoms with E-state index in [4.69, 9.17) is 0 Å². The quantitative estimate of drug-likeness (QED) is 0.631. The molecular formula is C8H22NP. The number of nitrogens with one attached hydrogen (secondary N) is 1. The second kappa shape index (κ2) is 12.1. The highest BCUT2D eigenvalue weighted by atomic mass is 31.0. The summed E-state index contributed by atoms with van der Waals surface area (Å²) in [4.78, 5) is 0. The Balaban J connectivity index is 0. The Morgan fingerprint density at radius 3 is 1.60 bits per heavy atom. The fraction of sp³-hybridized carbons (Fsp3) is 1.00. The third kappa shape index (κ3) is 23.8. The van der Waals surface area contributed by atoms with E-state index in [1.165, 1.54) is 12.8 Å². The first-order valence-corrected chi connectivity index (χ1v) is 4.70. The van der Waals surface area contributed by atoms with Crippen LogP contribution in [0.15, 0.2) is 0 Å². The summed E-state index contributed by atoms with van der Waals surface area (Å²) in [5, 5.41) is 2.98. The second-order valence-corrected chi connectivity index (χ2v) is 3.21. The zero-order chi connectivity index (χ0) is 8.41. The van der Waals surface area contributed by atoms with Crippen LogP contribution >= 0.6 is 9.39 Å². The first kappa shape index (κ1) is 13.0. The third-order valence-electron chi connectivity index (χ3n) is 1.03. The Labute approximate surface area is 68.2 Å². The van der Waals surface area contributed by atoms with E-state index in [0.717, 1.165) is 12.5 Å². The summed E-state index contributed by atoms with van der Waals surface area (Å²) in [6.07, 6.45) is 2.64. The van der Waals surface area contributed by atoms with E-state index in [-0.39, 0.29) is 0 Å². The van der Waals surface area contributed by atoms with Crippen LogP contribution in [-0.2, 0) is 0 Å². The van der Waals surface area contributed by atoms with Gasteiger partial charge in [0.1, 0.15) is 0 Å². The van der Waals surface area contributed by atoms with E-state index in [0.29, 0.717) is 0 Å². The van der Waals surface area contributed by atoms with Gasteiger partial charge in [-0.05, 0) is 5.92 Å². The van der Waals surface area contributed by atoms with Gasteiger partial charge >= 0.3 is 0 Å². The molecule has 2 heteroatoms. The minimum atomic E-state index is 0.766. The highest BCUT2D eigenvalue weighted by Gasteiger charge is 1.84. The van der Waals surface area contributed by atoms with Gasteiger partial charge in [0.2, 0.25) is 0 Å². The minimum Gasteiger partial charge on any atom is -0.300 e. The summed E-state index contributed by atoms with van der Waals surface area (Å²) >= 11 is 0. The molecule has 0 saturated heterocycles. The normalized spacial score (nSPS) is 9.00. The molecule has 0 rings (SSSR count). The smallest absolute Gasteiger partial charge is 0.000868 e. The summed E-state index contributed by atoms with van der Waals surface area (Å²) in [6, 6.07) is 0. The molecule has 0 spiro atoms. The molecule has 1 unspecified atom stereocenters. The number of rotatable bonds is 3. The van der Waals surface area contributed by atoms with Crippen LogP contribution in [0.1, 0.15) is 40.5 Å². The Morgan fingerprint density at radius 2 is 1.60 bits per heavy atom. The molecule has 1 nitrogen and oxygen atoms in total. The van der Waals surface area contributed by atoms with Crippen LogP contribution in [0.2, 0.25) is 0 Å².